The van der Waals surface area contributed by atoms with Crippen molar-refractivity contribution in [2.45, 2.75) is 77.4 Å². The molecule has 1 aromatic carbocycles. The van der Waals surface area contributed by atoms with Gasteiger partial charge in [0.25, 0.3) is 0 Å². The molecule has 0 bridgehead atoms. The minimum absolute atomic E-state index is 0.104. The molecule has 192 valence electrons. The lowest BCUT2D eigenvalue weighted by Gasteiger charge is -2.39. The lowest BCUT2D eigenvalue weighted by atomic mass is 9.86. The number of fused-ring (bicyclic) bond motifs is 1. The number of para-hydroxylation sites is 1. The second-order valence-corrected chi connectivity index (χ2v) is 11.0. The molecule has 0 aliphatic carbocycles. The fourth-order valence-corrected chi connectivity index (χ4v) is 5.58. The van der Waals surface area contributed by atoms with Gasteiger partial charge < -0.3 is 19.4 Å². The van der Waals surface area contributed by atoms with E-state index in [4.69, 9.17) is 9.47 Å². The number of H-pyrrole nitrogens is 1. The number of aromatic amines is 1. The largest absolute Gasteiger partial charge is 0.465 e. The summed E-state index contributed by atoms with van der Waals surface area (Å²) in [6.45, 7) is 11.1. The molecule has 1 unspecified atom stereocenters. The quantitative estimate of drug-likeness (QED) is 0.563. The van der Waals surface area contributed by atoms with Gasteiger partial charge in [-0.3, -0.25) is 9.69 Å². The van der Waals surface area contributed by atoms with Crippen molar-refractivity contribution in [3.05, 3.63) is 36.0 Å². The topological polar surface area (TPSA) is 74.9 Å². The number of nitrogens with zero attached hydrogens (tertiary/aromatic N) is 2. The summed E-state index contributed by atoms with van der Waals surface area (Å²) in [5, 5.41) is 1.31. The molecule has 1 N–H and O–H groups in total. The number of ether oxygens (including phenoxy) is 2. The van der Waals surface area contributed by atoms with Crippen molar-refractivity contribution in [2.75, 3.05) is 32.8 Å². The van der Waals surface area contributed by atoms with Gasteiger partial charge in [0.15, 0.2) is 0 Å². The van der Waals surface area contributed by atoms with Gasteiger partial charge in [0.1, 0.15) is 11.6 Å². The van der Waals surface area contributed by atoms with E-state index >= 15 is 0 Å². The van der Waals surface area contributed by atoms with E-state index in [-0.39, 0.29) is 18.1 Å². The zero-order valence-corrected chi connectivity index (χ0v) is 21.7. The first-order chi connectivity index (χ1) is 16.7. The first kappa shape index (κ1) is 25.5. The van der Waals surface area contributed by atoms with E-state index in [0.29, 0.717) is 31.5 Å². The summed E-state index contributed by atoms with van der Waals surface area (Å²) in [5.74, 6) is 0.796. The van der Waals surface area contributed by atoms with E-state index in [1.807, 2.05) is 27.7 Å². The summed E-state index contributed by atoms with van der Waals surface area (Å²) >= 11 is 0. The molecule has 1 amide bonds. The lowest BCUT2D eigenvalue weighted by molar-refractivity contribution is -0.151. The first-order valence-electron chi connectivity index (χ1n) is 13.2. The second kappa shape index (κ2) is 11.0. The molecule has 0 saturated carbocycles. The predicted molar refractivity (Wildman–Crippen MR) is 137 cm³/mol. The Morgan fingerprint density at radius 2 is 1.74 bits per heavy atom. The number of piperidine rings is 2. The Kier molecular flexibility index (Phi) is 8.05. The van der Waals surface area contributed by atoms with E-state index in [1.54, 1.807) is 4.90 Å². The Bertz CT molecular complexity index is 995. The number of nitrogens with one attached hydrogen (secondary N) is 1. The van der Waals surface area contributed by atoms with Crippen molar-refractivity contribution in [1.82, 2.24) is 14.8 Å². The zero-order chi connectivity index (χ0) is 25.0. The number of hydrogen-bond acceptors (Lipinski definition) is 5. The molecular weight excluding hydrogens is 442 g/mol. The third-order valence-electron chi connectivity index (χ3n) is 7.41. The Morgan fingerprint density at radius 1 is 1.06 bits per heavy atom. The highest BCUT2D eigenvalue weighted by molar-refractivity contribution is 5.83. The maximum Gasteiger partial charge on any atom is 0.410 e. The van der Waals surface area contributed by atoms with Crippen LogP contribution in [-0.2, 0) is 14.3 Å². The molecule has 3 heterocycles. The van der Waals surface area contributed by atoms with Gasteiger partial charge >= 0.3 is 12.1 Å². The van der Waals surface area contributed by atoms with Crippen molar-refractivity contribution >= 4 is 23.0 Å². The lowest BCUT2D eigenvalue weighted by Crippen LogP contribution is -2.48. The number of carbonyl (C=O) groups is 2. The molecular formula is C28H41N3O4. The minimum Gasteiger partial charge on any atom is -0.465 e. The standard InChI is InChI=1S/C28H41N3O4/c1-5-34-26(32)25(18-20-10-14-31(15-11-20)27(33)35-28(2,3)4)30-16-12-21(13-17-30)23-19-29-24-9-7-6-8-22(23)24/h6-9,19-21,25,29H,5,10-18H2,1-4H3. The molecule has 1 aromatic heterocycles. The highest BCUT2D eigenvalue weighted by Gasteiger charge is 2.35. The van der Waals surface area contributed by atoms with Crippen LogP contribution in [0.15, 0.2) is 30.5 Å². The van der Waals surface area contributed by atoms with Crippen molar-refractivity contribution in [1.29, 1.82) is 0 Å². The van der Waals surface area contributed by atoms with Gasteiger partial charge in [-0.15, -0.1) is 0 Å². The number of amides is 1. The maximum absolute atomic E-state index is 13.0. The Balaban J connectivity index is 1.34. The van der Waals surface area contributed by atoms with Crippen LogP contribution in [0, 0.1) is 5.92 Å². The van der Waals surface area contributed by atoms with E-state index in [1.165, 1.54) is 16.5 Å². The number of aromatic nitrogens is 1. The van der Waals surface area contributed by atoms with Gasteiger partial charge in [-0.05, 0) is 96.4 Å². The maximum atomic E-state index is 13.0. The highest BCUT2D eigenvalue weighted by atomic mass is 16.6. The van der Waals surface area contributed by atoms with Crippen molar-refractivity contribution in [3.8, 4) is 0 Å². The minimum atomic E-state index is -0.484. The van der Waals surface area contributed by atoms with Gasteiger partial charge in [-0.25, -0.2) is 4.79 Å². The second-order valence-electron chi connectivity index (χ2n) is 11.0. The highest BCUT2D eigenvalue weighted by Crippen LogP contribution is 2.35. The Labute approximate surface area is 209 Å². The van der Waals surface area contributed by atoms with Crippen LogP contribution < -0.4 is 0 Å². The van der Waals surface area contributed by atoms with Crippen LogP contribution in [0.5, 0.6) is 0 Å². The monoisotopic (exact) mass is 483 g/mol. The van der Waals surface area contributed by atoms with Gasteiger partial charge in [0.05, 0.1) is 6.61 Å². The SMILES string of the molecule is CCOC(=O)C(CC1CCN(C(=O)OC(C)(C)C)CC1)N1CCC(c2c[nH]c3ccccc23)CC1. The molecule has 7 nitrogen and oxygen atoms in total. The summed E-state index contributed by atoms with van der Waals surface area (Å²) in [7, 11) is 0. The summed E-state index contributed by atoms with van der Waals surface area (Å²) in [6, 6.07) is 8.27. The van der Waals surface area contributed by atoms with Crippen molar-refractivity contribution < 1.29 is 19.1 Å². The number of benzene rings is 1. The molecule has 2 aliphatic rings. The van der Waals surface area contributed by atoms with Crippen LogP contribution in [0.4, 0.5) is 4.79 Å². The smallest absolute Gasteiger partial charge is 0.410 e. The molecule has 2 aromatic rings. The molecule has 2 aliphatic heterocycles. The number of hydrogen-bond donors (Lipinski definition) is 1. The summed E-state index contributed by atoms with van der Waals surface area (Å²) in [6.07, 6.45) is 6.56. The van der Waals surface area contributed by atoms with Crippen LogP contribution >= 0.6 is 0 Å². The third kappa shape index (κ3) is 6.37. The van der Waals surface area contributed by atoms with Gasteiger partial charge in [0.2, 0.25) is 0 Å². The molecule has 2 fully saturated rings. The number of likely N-dealkylation sites (tertiary alicyclic amines) is 2. The molecule has 0 radical (unpaired) electrons. The average Bonchev–Trinajstić information content (AvgIpc) is 3.26. The van der Waals surface area contributed by atoms with Crippen LogP contribution in [0.25, 0.3) is 10.9 Å². The fraction of sp³-hybridized carbons (Fsp3) is 0.643. The van der Waals surface area contributed by atoms with Gasteiger partial charge in [-0.1, -0.05) is 18.2 Å². The first-order valence-corrected chi connectivity index (χ1v) is 13.2. The Morgan fingerprint density at radius 3 is 2.40 bits per heavy atom. The number of carbonyl (C=O) groups excluding carboxylic acids is 2. The molecule has 35 heavy (non-hydrogen) atoms. The van der Waals surface area contributed by atoms with Gasteiger partial charge in [0, 0.05) is 30.2 Å². The van der Waals surface area contributed by atoms with E-state index in [0.717, 1.165) is 45.2 Å². The molecule has 2 saturated heterocycles. The van der Waals surface area contributed by atoms with Crippen LogP contribution in [0.2, 0.25) is 0 Å². The van der Waals surface area contributed by atoms with Crippen LogP contribution in [0.1, 0.15) is 71.3 Å². The van der Waals surface area contributed by atoms with E-state index in [9.17, 15) is 9.59 Å². The molecule has 4 rings (SSSR count). The van der Waals surface area contributed by atoms with Crippen LogP contribution in [-0.4, -0.2) is 71.3 Å². The van der Waals surface area contributed by atoms with E-state index < -0.39 is 5.60 Å². The Hall–Kier alpha value is -2.54. The molecule has 7 heteroatoms. The normalized spacial score (nSPS) is 19.6. The number of rotatable bonds is 6. The van der Waals surface area contributed by atoms with Crippen molar-refractivity contribution in [2.24, 2.45) is 5.92 Å². The summed E-state index contributed by atoms with van der Waals surface area (Å²) in [4.78, 5) is 32.9. The van der Waals surface area contributed by atoms with Gasteiger partial charge in [-0.2, -0.15) is 0 Å². The summed E-state index contributed by atoms with van der Waals surface area (Å²) < 4.78 is 11.0. The van der Waals surface area contributed by atoms with Crippen LogP contribution in [0.3, 0.4) is 0 Å². The predicted octanol–water partition coefficient (Wildman–Crippen LogP) is 5.32. The average molecular weight is 484 g/mol. The third-order valence-corrected chi connectivity index (χ3v) is 7.41. The number of esters is 1. The summed E-state index contributed by atoms with van der Waals surface area (Å²) in [5.41, 5.74) is 2.09. The zero-order valence-electron chi connectivity index (χ0n) is 21.7. The fourth-order valence-electron chi connectivity index (χ4n) is 5.58. The van der Waals surface area contributed by atoms with Crippen molar-refractivity contribution in [3.63, 3.8) is 0 Å². The molecule has 0 spiro atoms. The molecule has 1 atom stereocenters. The van der Waals surface area contributed by atoms with E-state index in [2.05, 4.69) is 40.3 Å².